The molecule has 2 N–H and O–H groups in total. The zero-order chi connectivity index (χ0) is 20.9. The second-order valence-electron chi connectivity index (χ2n) is 6.69. The minimum atomic E-state index is -4.29. The van der Waals surface area contributed by atoms with Gasteiger partial charge < -0.3 is 15.4 Å². The molecule has 1 aliphatic rings. The third-order valence-electron chi connectivity index (χ3n) is 4.72. The SMILES string of the molecule is CNc1ccc(C2CN=C(NCCCc3ccc(C(F)(F)F)cc3)S2)cc1OC. The number of halogens is 3. The number of alkyl halides is 3. The lowest BCUT2D eigenvalue weighted by Gasteiger charge is -2.14. The smallest absolute Gasteiger partial charge is 0.416 e. The first-order chi connectivity index (χ1) is 13.9. The van der Waals surface area contributed by atoms with Crippen molar-refractivity contribution in [3.8, 4) is 5.75 Å². The molecule has 0 aliphatic carbocycles. The number of methoxy groups -OCH3 is 1. The molecule has 0 saturated heterocycles. The predicted octanol–water partition coefficient (Wildman–Crippen LogP) is 5.12. The molecular formula is C21H24F3N3OS. The molecule has 29 heavy (non-hydrogen) atoms. The van der Waals surface area contributed by atoms with Gasteiger partial charge in [-0.3, -0.25) is 4.99 Å². The lowest BCUT2D eigenvalue weighted by Crippen LogP contribution is -2.20. The lowest BCUT2D eigenvalue weighted by molar-refractivity contribution is -0.137. The molecular weight excluding hydrogens is 399 g/mol. The summed E-state index contributed by atoms with van der Waals surface area (Å²) in [7, 11) is 3.51. The maximum Gasteiger partial charge on any atom is 0.416 e. The van der Waals surface area contributed by atoms with Crippen molar-refractivity contribution in [3.63, 3.8) is 0 Å². The number of anilines is 1. The molecule has 8 heteroatoms. The number of hydrogen-bond acceptors (Lipinski definition) is 5. The van der Waals surface area contributed by atoms with E-state index in [4.69, 9.17) is 4.74 Å². The molecule has 0 saturated carbocycles. The molecule has 0 spiro atoms. The highest BCUT2D eigenvalue weighted by atomic mass is 32.2. The molecule has 0 amide bonds. The van der Waals surface area contributed by atoms with E-state index >= 15 is 0 Å². The standard InChI is InChI=1S/C21H24F3N3OS/c1-25-17-10-7-15(12-18(17)28-2)19-13-27-20(29-19)26-11-3-4-14-5-8-16(9-6-14)21(22,23)24/h5-10,12,19,25H,3-4,11,13H2,1-2H3,(H,26,27). The fraction of sp³-hybridized carbons (Fsp3) is 0.381. The Labute approximate surface area is 172 Å². The van der Waals surface area contributed by atoms with Crippen molar-refractivity contribution in [1.29, 1.82) is 0 Å². The monoisotopic (exact) mass is 423 g/mol. The van der Waals surface area contributed by atoms with E-state index in [1.807, 2.05) is 19.2 Å². The van der Waals surface area contributed by atoms with E-state index < -0.39 is 11.7 Å². The van der Waals surface area contributed by atoms with Crippen LogP contribution in [0, 0.1) is 0 Å². The topological polar surface area (TPSA) is 45.7 Å². The van der Waals surface area contributed by atoms with Crippen LogP contribution in [0.15, 0.2) is 47.5 Å². The Kier molecular flexibility index (Phi) is 6.95. The molecule has 1 aliphatic heterocycles. The average molecular weight is 424 g/mol. The summed E-state index contributed by atoms with van der Waals surface area (Å²) in [6.07, 6.45) is -2.75. The minimum absolute atomic E-state index is 0.243. The van der Waals surface area contributed by atoms with Gasteiger partial charge in [0, 0.05) is 13.6 Å². The van der Waals surface area contributed by atoms with Crippen LogP contribution in [0.1, 0.15) is 28.4 Å². The first-order valence-corrected chi connectivity index (χ1v) is 10.3. The van der Waals surface area contributed by atoms with Crippen LogP contribution >= 0.6 is 11.8 Å². The van der Waals surface area contributed by atoms with Gasteiger partial charge in [0.25, 0.3) is 0 Å². The number of nitrogens with zero attached hydrogens (tertiary/aromatic N) is 1. The molecule has 0 radical (unpaired) electrons. The molecule has 3 rings (SSSR count). The number of aryl methyl sites for hydroxylation is 1. The Morgan fingerprint density at radius 1 is 1.17 bits per heavy atom. The third-order valence-corrected chi connectivity index (χ3v) is 5.92. The summed E-state index contributed by atoms with van der Waals surface area (Å²) >= 11 is 1.69. The highest BCUT2D eigenvalue weighted by molar-refractivity contribution is 8.14. The van der Waals surface area contributed by atoms with Crippen LogP contribution in [0.25, 0.3) is 0 Å². The Hall–Kier alpha value is -2.35. The van der Waals surface area contributed by atoms with Crippen molar-refractivity contribution < 1.29 is 17.9 Å². The fourth-order valence-electron chi connectivity index (χ4n) is 3.11. The van der Waals surface area contributed by atoms with Crippen molar-refractivity contribution in [2.24, 2.45) is 4.99 Å². The number of aliphatic imine (C=N–C) groups is 1. The number of nitrogens with one attached hydrogen (secondary N) is 2. The largest absolute Gasteiger partial charge is 0.495 e. The van der Waals surface area contributed by atoms with Crippen LogP contribution in [-0.2, 0) is 12.6 Å². The quantitative estimate of drug-likeness (QED) is 0.607. The molecule has 0 bridgehead atoms. The van der Waals surface area contributed by atoms with Gasteiger partial charge in [-0.25, -0.2) is 0 Å². The first-order valence-electron chi connectivity index (χ1n) is 9.37. The van der Waals surface area contributed by atoms with Crippen molar-refractivity contribution in [2.75, 3.05) is 32.6 Å². The molecule has 1 unspecified atom stereocenters. The normalized spacial score (nSPS) is 16.4. The van der Waals surface area contributed by atoms with Crippen molar-refractivity contribution in [1.82, 2.24) is 5.32 Å². The van der Waals surface area contributed by atoms with Crippen LogP contribution < -0.4 is 15.4 Å². The van der Waals surface area contributed by atoms with Gasteiger partial charge in [0.15, 0.2) is 5.17 Å². The van der Waals surface area contributed by atoms with Gasteiger partial charge in [-0.05, 0) is 48.2 Å². The molecule has 156 valence electrons. The Morgan fingerprint density at radius 2 is 1.93 bits per heavy atom. The van der Waals surface area contributed by atoms with Gasteiger partial charge in [-0.1, -0.05) is 30.0 Å². The highest BCUT2D eigenvalue weighted by Gasteiger charge is 2.29. The Bertz CT molecular complexity index is 853. The zero-order valence-corrected chi connectivity index (χ0v) is 17.2. The molecule has 2 aromatic carbocycles. The van der Waals surface area contributed by atoms with Gasteiger partial charge in [0.2, 0.25) is 0 Å². The average Bonchev–Trinajstić information content (AvgIpc) is 3.19. The third kappa shape index (κ3) is 5.59. The van der Waals surface area contributed by atoms with E-state index in [0.29, 0.717) is 6.54 Å². The summed E-state index contributed by atoms with van der Waals surface area (Å²) in [5.41, 5.74) is 2.40. The van der Waals surface area contributed by atoms with Crippen LogP contribution in [0.3, 0.4) is 0 Å². The first kappa shape index (κ1) is 21.4. The fourth-order valence-corrected chi connectivity index (χ4v) is 4.14. The molecule has 1 heterocycles. The number of benzene rings is 2. The van der Waals surface area contributed by atoms with E-state index in [1.54, 1.807) is 31.0 Å². The molecule has 4 nitrogen and oxygen atoms in total. The maximum absolute atomic E-state index is 12.6. The summed E-state index contributed by atoms with van der Waals surface area (Å²) in [6.45, 7) is 1.43. The maximum atomic E-state index is 12.6. The minimum Gasteiger partial charge on any atom is -0.495 e. The van der Waals surface area contributed by atoms with E-state index in [2.05, 4.69) is 21.7 Å². The number of ether oxygens (including phenoxy) is 1. The van der Waals surface area contributed by atoms with Crippen molar-refractivity contribution >= 4 is 22.6 Å². The van der Waals surface area contributed by atoms with Gasteiger partial charge in [-0.2, -0.15) is 13.2 Å². The van der Waals surface area contributed by atoms with Gasteiger partial charge >= 0.3 is 6.18 Å². The number of thioether (sulfide) groups is 1. The van der Waals surface area contributed by atoms with E-state index in [-0.39, 0.29) is 5.25 Å². The lowest BCUT2D eigenvalue weighted by atomic mass is 10.1. The highest BCUT2D eigenvalue weighted by Crippen LogP contribution is 2.37. The number of amidine groups is 1. The molecule has 2 aromatic rings. The number of rotatable bonds is 7. The molecule has 1 atom stereocenters. The van der Waals surface area contributed by atoms with E-state index in [1.165, 1.54) is 0 Å². The summed E-state index contributed by atoms with van der Waals surface area (Å²) in [5, 5.41) is 7.58. The van der Waals surface area contributed by atoms with Gasteiger partial charge in [0.1, 0.15) is 5.75 Å². The summed E-state index contributed by atoms with van der Waals surface area (Å²) in [4.78, 5) is 4.56. The van der Waals surface area contributed by atoms with Crippen molar-refractivity contribution in [3.05, 3.63) is 59.2 Å². The predicted molar refractivity (Wildman–Crippen MR) is 113 cm³/mol. The van der Waals surface area contributed by atoms with E-state index in [0.717, 1.165) is 59.3 Å². The van der Waals surface area contributed by atoms with Gasteiger partial charge in [0.05, 0.1) is 30.2 Å². The Morgan fingerprint density at radius 3 is 2.59 bits per heavy atom. The number of hydrogen-bond donors (Lipinski definition) is 2. The van der Waals surface area contributed by atoms with Crippen LogP contribution in [0.5, 0.6) is 5.75 Å². The van der Waals surface area contributed by atoms with Crippen LogP contribution in [-0.4, -0.2) is 32.4 Å². The molecule has 0 fully saturated rings. The van der Waals surface area contributed by atoms with Crippen LogP contribution in [0.2, 0.25) is 0 Å². The summed E-state index contributed by atoms with van der Waals surface area (Å²) in [5.74, 6) is 0.809. The molecule has 0 aromatic heterocycles. The zero-order valence-electron chi connectivity index (χ0n) is 16.3. The summed E-state index contributed by atoms with van der Waals surface area (Å²) < 4.78 is 43.2. The van der Waals surface area contributed by atoms with E-state index in [9.17, 15) is 13.2 Å². The van der Waals surface area contributed by atoms with Crippen LogP contribution in [0.4, 0.5) is 18.9 Å². The second-order valence-corrected chi connectivity index (χ2v) is 7.88. The van der Waals surface area contributed by atoms with Crippen molar-refractivity contribution in [2.45, 2.75) is 24.3 Å². The van der Waals surface area contributed by atoms with Gasteiger partial charge in [-0.15, -0.1) is 0 Å². The Balaban J connectivity index is 1.44. The summed E-state index contributed by atoms with van der Waals surface area (Å²) in [6, 6.07) is 11.5. The second kappa shape index (κ2) is 9.43.